The third-order valence-corrected chi connectivity index (χ3v) is 5.00. The Morgan fingerprint density at radius 1 is 1.47 bits per heavy atom. The highest BCUT2D eigenvalue weighted by Crippen LogP contribution is 2.14. The van der Waals surface area contributed by atoms with Gasteiger partial charge >= 0.3 is 0 Å². The molecule has 1 aromatic rings. The maximum atomic E-state index is 12.2. The molecule has 0 aromatic carbocycles. The molecule has 3 N–H and O–H groups in total. The van der Waals surface area contributed by atoms with Gasteiger partial charge in [0.15, 0.2) is 5.03 Å². The minimum absolute atomic E-state index is 0.00563. The largest absolute Gasteiger partial charge is 0.329 e. The molecule has 2 rings (SSSR count). The zero-order chi connectivity index (χ0) is 13.9. The van der Waals surface area contributed by atoms with Gasteiger partial charge in [0.05, 0.1) is 6.20 Å². The summed E-state index contributed by atoms with van der Waals surface area (Å²) < 4.78 is 28.5. The van der Waals surface area contributed by atoms with Crippen LogP contribution >= 0.6 is 0 Å². The number of hydrogen-bond donors (Lipinski definition) is 2. The molecule has 0 spiro atoms. The molecule has 7 nitrogen and oxygen atoms in total. The lowest BCUT2D eigenvalue weighted by Crippen LogP contribution is -2.45. The van der Waals surface area contributed by atoms with Crippen molar-refractivity contribution in [3.05, 3.63) is 12.3 Å². The van der Waals surface area contributed by atoms with Crippen molar-refractivity contribution in [2.45, 2.75) is 23.9 Å². The molecule has 8 heteroatoms. The third-order valence-electron chi connectivity index (χ3n) is 3.41. The van der Waals surface area contributed by atoms with Gasteiger partial charge in [-0.2, -0.15) is 5.10 Å². The molecule has 1 aliphatic rings. The first-order chi connectivity index (χ1) is 9.03. The molecule has 2 heterocycles. The van der Waals surface area contributed by atoms with Gasteiger partial charge in [-0.25, -0.2) is 13.1 Å². The molecule has 0 unspecified atom stereocenters. The number of likely N-dealkylation sites (tertiary alicyclic amines) is 1. The lowest BCUT2D eigenvalue weighted by molar-refractivity contribution is 0.212. The van der Waals surface area contributed by atoms with Crippen molar-refractivity contribution in [3.8, 4) is 0 Å². The summed E-state index contributed by atoms with van der Waals surface area (Å²) in [6, 6.07) is 1.50. The molecule has 0 atom stereocenters. The Hall–Kier alpha value is -0.960. The molecule has 1 aliphatic heterocycles. The fraction of sp³-hybridized carbons (Fsp3) is 0.727. The predicted octanol–water partition coefficient (Wildman–Crippen LogP) is -0.878. The second-order valence-corrected chi connectivity index (χ2v) is 6.48. The molecule has 19 heavy (non-hydrogen) atoms. The van der Waals surface area contributed by atoms with E-state index in [1.54, 1.807) is 7.05 Å². The van der Waals surface area contributed by atoms with Gasteiger partial charge in [-0.1, -0.05) is 0 Å². The number of aromatic nitrogens is 2. The summed E-state index contributed by atoms with van der Waals surface area (Å²) in [5.41, 5.74) is 5.51. The van der Waals surface area contributed by atoms with Crippen molar-refractivity contribution in [1.82, 2.24) is 19.4 Å². The number of nitrogens with zero attached hydrogens (tertiary/aromatic N) is 3. The molecule has 0 aliphatic carbocycles. The zero-order valence-electron chi connectivity index (χ0n) is 11.1. The highest BCUT2D eigenvalue weighted by molar-refractivity contribution is 7.89. The van der Waals surface area contributed by atoms with Crippen molar-refractivity contribution in [1.29, 1.82) is 0 Å². The number of piperidine rings is 1. The summed E-state index contributed by atoms with van der Waals surface area (Å²) in [7, 11) is -1.85. The second-order valence-electron chi connectivity index (χ2n) is 4.82. The Balaban J connectivity index is 1.94. The molecule has 1 saturated heterocycles. The van der Waals surface area contributed by atoms with Crippen molar-refractivity contribution in [3.63, 3.8) is 0 Å². The zero-order valence-corrected chi connectivity index (χ0v) is 11.9. The van der Waals surface area contributed by atoms with Crippen LogP contribution in [0, 0.1) is 0 Å². The highest BCUT2D eigenvalue weighted by atomic mass is 32.2. The van der Waals surface area contributed by atoms with Crippen LogP contribution in [0.1, 0.15) is 12.8 Å². The molecular formula is C11H21N5O2S. The van der Waals surface area contributed by atoms with Crippen LogP contribution in [-0.4, -0.2) is 55.3 Å². The molecule has 0 bridgehead atoms. The lowest BCUT2D eigenvalue weighted by Gasteiger charge is -2.31. The fourth-order valence-electron chi connectivity index (χ4n) is 2.36. The summed E-state index contributed by atoms with van der Waals surface area (Å²) in [5, 5.41) is 4.09. The van der Waals surface area contributed by atoms with Gasteiger partial charge in [0.25, 0.3) is 10.0 Å². The quantitative estimate of drug-likeness (QED) is 0.734. The standard InChI is InChI=1S/C11H21N5O2S/c1-15-11(2-6-13-15)19(17,18)14-10-3-7-16(8-4-10)9-5-12/h2,6,10,14H,3-5,7-9,12H2,1H3. The van der Waals surface area contributed by atoms with Gasteiger partial charge in [0, 0.05) is 26.2 Å². The van der Waals surface area contributed by atoms with Gasteiger partial charge in [-0.3, -0.25) is 4.68 Å². The van der Waals surface area contributed by atoms with E-state index in [0.717, 1.165) is 32.5 Å². The maximum absolute atomic E-state index is 12.2. The Labute approximate surface area is 113 Å². The molecule has 108 valence electrons. The monoisotopic (exact) mass is 287 g/mol. The Morgan fingerprint density at radius 3 is 2.68 bits per heavy atom. The summed E-state index contributed by atoms with van der Waals surface area (Å²) >= 11 is 0. The predicted molar refractivity (Wildman–Crippen MR) is 72.0 cm³/mol. The van der Waals surface area contributed by atoms with Crippen LogP contribution in [0.5, 0.6) is 0 Å². The fourth-order valence-corrected chi connectivity index (χ4v) is 3.79. The van der Waals surface area contributed by atoms with Gasteiger partial charge in [-0.05, 0) is 32.0 Å². The van der Waals surface area contributed by atoms with E-state index in [2.05, 4.69) is 14.7 Å². The van der Waals surface area contributed by atoms with Crippen LogP contribution in [0.25, 0.3) is 0 Å². The van der Waals surface area contributed by atoms with Crippen molar-refractivity contribution < 1.29 is 8.42 Å². The van der Waals surface area contributed by atoms with E-state index in [1.165, 1.54) is 16.9 Å². The first kappa shape index (κ1) is 14.4. The number of hydrogen-bond acceptors (Lipinski definition) is 5. The van der Waals surface area contributed by atoms with Gasteiger partial charge in [0.1, 0.15) is 0 Å². The van der Waals surface area contributed by atoms with Crippen LogP contribution in [0.3, 0.4) is 0 Å². The van der Waals surface area contributed by atoms with Crippen LogP contribution < -0.4 is 10.5 Å². The van der Waals surface area contributed by atoms with E-state index < -0.39 is 10.0 Å². The van der Waals surface area contributed by atoms with E-state index >= 15 is 0 Å². The summed E-state index contributed by atoms with van der Waals surface area (Å²) in [5.74, 6) is 0. The molecule has 0 saturated carbocycles. The molecular weight excluding hydrogens is 266 g/mol. The first-order valence-electron chi connectivity index (χ1n) is 6.45. The van der Waals surface area contributed by atoms with Crippen molar-refractivity contribution in [2.75, 3.05) is 26.2 Å². The summed E-state index contributed by atoms with van der Waals surface area (Å²) in [6.45, 7) is 3.29. The van der Waals surface area contributed by atoms with E-state index in [-0.39, 0.29) is 11.1 Å². The van der Waals surface area contributed by atoms with E-state index in [4.69, 9.17) is 5.73 Å². The molecule has 1 aromatic heterocycles. The normalized spacial score (nSPS) is 18.8. The first-order valence-corrected chi connectivity index (χ1v) is 7.94. The van der Waals surface area contributed by atoms with Crippen molar-refractivity contribution in [2.24, 2.45) is 12.8 Å². The average Bonchev–Trinajstić information content (AvgIpc) is 2.79. The third kappa shape index (κ3) is 3.53. The lowest BCUT2D eigenvalue weighted by atomic mass is 10.1. The maximum Gasteiger partial charge on any atom is 0.257 e. The number of aryl methyl sites for hydroxylation is 1. The number of sulfonamides is 1. The van der Waals surface area contributed by atoms with E-state index in [9.17, 15) is 8.42 Å². The van der Waals surface area contributed by atoms with Crippen LogP contribution in [0.4, 0.5) is 0 Å². The SMILES string of the molecule is Cn1nccc1S(=O)(=O)NC1CCN(CCN)CC1. The van der Waals surface area contributed by atoms with Crippen LogP contribution in [0.2, 0.25) is 0 Å². The Bertz CT molecular complexity index is 505. The Kier molecular flexibility index (Phi) is 4.56. The Morgan fingerprint density at radius 2 is 2.16 bits per heavy atom. The summed E-state index contributed by atoms with van der Waals surface area (Å²) in [6.07, 6.45) is 3.12. The van der Waals surface area contributed by atoms with E-state index in [1.807, 2.05) is 0 Å². The van der Waals surface area contributed by atoms with Gasteiger partial charge in [-0.15, -0.1) is 0 Å². The van der Waals surface area contributed by atoms with Crippen molar-refractivity contribution >= 4 is 10.0 Å². The topological polar surface area (TPSA) is 93.2 Å². The second kappa shape index (κ2) is 6.00. The molecule has 1 fully saturated rings. The van der Waals surface area contributed by atoms with Gasteiger partial charge < -0.3 is 10.6 Å². The van der Waals surface area contributed by atoms with E-state index in [0.29, 0.717) is 6.54 Å². The number of nitrogens with one attached hydrogen (secondary N) is 1. The molecule has 0 radical (unpaired) electrons. The smallest absolute Gasteiger partial charge is 0.257 e. The number of rotatable bonds is 5. The minimum atomic E-state index is -3.47. The number of nitrogens with two attached hydrogens (primary N) is 1. The molecule has 0 amide bonds. The minimum Gasteiger partial charge on any atom is -0.329 e. The highest BCUT2D eigenvalue weighted by Gasteiger charge is 2.25. The summed E-state index contributed by atoms with van der Waals surface area (Å²) in [4.78, 5) is 2.26. The van der Waals surface area contributed by atoms with Gasteiger partial charge in [0.2, 0.25) is 0 Å². The average molecular weight is 287 g/mol. The van der Waals surface area contributed by atoms with Crippen LogP contribution in [0.15, 0.2) is 17.3 Å². The van der Waals surface area contributed by atoms with Crippen LogP contribution in [-0.2, 0) is 17.1 Å².